The summed E-state index contributed by atoms with van der Waals surface area (Å²) < 4.78 is 0. The Kier molecular flexibility index (Phi) is 146. The summed E-state index contributed by atoms with van der Waals surface area (Å²) in [6, 6.07) is 7.65. The average molecular weight is 602 g/mol. The molecule has 0 unspecified atom stereocenters. The third-order valence-corrected chi connectivity index (χ3v) is 2.56. The van der Waals surface area contributed by atoms with Crippen LogP contribution in [0.4, 0.5) is 0 Å². The molecule has 0 atom stereocenters. The molecule has 4 aromatic rings. The van der Waals surface area contributed by atoms with E-state index in [1.165, 1.54) is 6.33 Å². The number of nitrogens with one attached hydrogen (secondary N) is 2. The minimum atomic E-state index is 0. The maximum Gasteiger partial charge on any atom is 0.175 e. The van der Waals surface area contributed by atoms with E-state index >= 15 is 0 Å². The van der Waals surface area contributed by atoms with Gasteiger partial charge >= 0.3 is 0 Å². The van der Waals surface area contributed by atoms with Crippen molar-refractivity contribution in [3.63, 3.8) is 0 Å². The predicted octanol–water partition coefficient (Wildman–Crippen LogP) is 11.5. The van der Waals surface area contributed by atoms with Crippen LogP contribution in [0, 0.1) is 0 Å². The van der Waals surface area contributed by atoms with Crippen molar-refractivity contribution in [3.8, 4) is 0 Å². The Balaban J connectivity index is -0.0000000331. The van der Waals surface area contributed by atoms with Crippen molar-refractivity contribution in [2.45, 2.75) is 106 Å². The summed E-state index contributed by atoms with van der Waals surface area (Å²) in [5, 5.41) is 32.7. The second-order valence-corrected chi connectivity index (χ2v) is 4.54. The molecule has 0 radical (unpaired) electrons. The Morgan fingerprint density at radius 2 is 0.951 bits per heavy atom. The summed E-state index contributed by atoms with van der Waals surface area (Å²) in [5.41, 5.74) is 0. The lowest BCUT2D eigenvalue weighted by atomic mass is 10.7. The standard InChI is InChI=1S/C4H4N2.C4H4S.C3H4N2.C2H3N3.5C2H6.CH2N4.5CH4/c1-2-5-4-6-3-1;3*1-2-4-5-3-1;5*1-2;1-2-4-5-3-1;;;;;/h1-4H;1-4H;1-3H,(H,4,5);1-2H,(H,3,4,5);5*1-2H3;1H2;5*1H4. The van der Waals surface area contributed by atoms with Gasteiger partial charge < -0.3 is 0 Å². The second-order valence-electron chi connectivity index (χ2n) is 3.72. The Labute approximate surface area is 258 Å². The molecule has 2 N–H and O–H groups in total. The molecule has 0 bridgehead atoms. The smallest absolute Gasteiger partial charge is 0.175 e. The van der Waals surface area contributed by atoms with Gasteiger partial charge in [-0.2, -0.15) is 31.8 Å². The lowest BCUT2D eigenvalue weighted by molar-refractivity contribution is 0.940. The predicted molar refractivity (Wildman–Crippen MR) is 186 cm³/mol. The number of aromatic nitrogens is 7. The fourth-order valence-corrected chi connectivity index (χ4v) is 1.46. The molecule has 0 fully saturated rings. The van der Waals surface area contributed by atoms with E-state index in [4.69, 9.17) is 0 Å². The molecule has 0 aromatic carbocycles. The molecule has 12 heteroatoms. The molecule has 1 aliphatic rings. The van der Waals surface area contributed by atoms with Crippen LogP contribution in [0.5, 0.6) is 0 Å². The van der Waals surface area contributed by atoms with Crippen LogP contribution in [0.3, 0.4) is 0 Å². The van der Waals surface area contributed by atoms with Gasteiger partial charge in [0.2, 0.25) is 0 Å². The van der Waals surface area contributed by atoms with Crippen molar-refractivity contribution in [2.75, 3.05) is 6.67 Å². The fraction of sp³-hybridized carbons (Fsp3) is 0.552. The van der Waals surface area contributed by atoms with Crippen LogP contribution < -0.4 is 0 Å². The summed E-state index contributed by atoms with van der Waals surface area (Å²) in [7, 11) is 0. The Morgan fingerprint density at radius 1 is 0.512 bits per heavy atom. The van der Waals surface area contributed by atoms with Gasteiger partial charge in [-0.15, -0.1) is 10.2 Å². The first kappa shape index (κ1) is 66.0. The van der Waals surface area contributed by atoms with Crippen molar-refractivity contribution in [1.82, 2.24) is 35.6 Å². The van der Waals surface area contributed by atoms with Crippen LogP contribution in [0.25, 0.3) is 0 Å². The second kappa shape index (κ2) is 90.9. The number of H-pyrrole nitrogens is 2. The number of aromatic amines is 2. The third-order valence-electron chi connectivity index (χ3n) is 1.93. The van der Waals surface area contributed by atoms with Crippen LogP contribution in [0.2, 0.25) is 0 Å². The van der Waals surface area contributed by atoms with E-state index in [2.05, 4.69) is 56.3 Å². The molecule has 1 aliphatic heterocycles. The number of hydrogen-bond donors (Lipinski definition) is 2. The fourth-order valence-electron chi connectivity index (χ4n) is 1.00. The number of hydrogen-bond acceptors (Lipinski definition) is 10. The van der Waals surface area contributed by atoms with Gasteiger partial charge in [0.25, 0.3) is 0 Å². The van der Waals surface area contributed by atoms with Gasteiger partial charge in [-0.3, -0.25) is 5.10 Å². The van der Waals surface area contributed by atoms with E-state index in [9.17, 15) is 0 Å². The molecular formula is C29H67N11S. The van der Waals surface area contributed by atoms with Crippen molar-refractivity contribution in [2.24, 2.45) is 20.7 Å². The molecule has 0 amide bonds. The largest absolute Gasteiger partial charge is 0.286 e. The van der Waals surface area contributed by atoms with Crippen LogP contribution in [0.1, 0.15) is 106 Å². The highest BCUT2D eigenvalue weighted by molar-refractivity contribution is 7.07. The van der Waals surface area contributed by atoms with E-state index in [1.54, 1.807) is 54.6 Å². The molecule has 0 saturated carbocycles. The molecule has 244 valence electrons. The molecule has 0 saturated heterocycles. The Bertz CT molecular complexity index is 584. The van der Waals surface area contributed by atoms with Gasteiger partial charge in [0, 0.05) is 24.8 Å². The first-order valence-electron chi connectivity index (χ1n) is 12.1. The summed E-state index contributed by atoms with van der Waals surface area (Å²) in [6.45, 7) is 20.4. The van der Waals surface area contributed by atoms with Crippen molar-refractivity contribution >= 4 is 11.3 Å². The quantitative estimate of drug-likeness (QED) is 0.206. The van der Waals surface area contributed by atoms with Crippen molar-refractivity contribution < 1.29 is 0 Å². The summed E-state index contributed by atoms with van der Waals surface area (Å²) in [6.07, 6.45) is 11.5. The highest BCUT2D eigenvalue weighted by atomic mass is 32.1. The summed E-state index contributed by atoms with van der Waals surface area (Å²) >= 11 is 1.71. The lowest BCUT2D eigenvalue weighted by Gasteiger charge is -1.70. The molecule has 4 aromatic heterocycles. The van der Waals surface area contributed by atoms with E-state index in [0.717, 1.165) is 0 Å². The topological polar surface area (TPSA) is 145 Å². The molecular weight excluding hydrogens is 534 g/mol. The highest BCUT2D eigenvalue weighted by Crippen LogP contribution is 1.91. The number of nitrogens with zero attached hydrogens (tertiary/aromatic N) is 9. The normalized spacial score (nSPS) is 6.98. The minimum Gasteiger partial charge on any atom is -0.286 e. The van der Waals surface area contributed by atoms with Crippen molar-refractivity contribution in [3.05, 3.63) is 78.5 Å². The molecule has 0 spiro atoms. The molecule has 41 heavy (non-hydrogen) atoms. The zero-order valence-electron chi connectivity index (χ0n) is 23.6. The Hall–Kier alpha value is -3.67. The SMILES string of the molecule is C.C.C.C.C.C1N=NN=N1.CC.CC.CC.CC.CC.c1ccsc1.c1cn[nH]c1.c1cn[nH]n1.c1cncnc1. The van der Waals surface area contributed by atoms with Crippen LogP contribution in [0.15, 0.2) is 99.2 Å². The van der Waals surface area contributed by atoms with Crippen molar-refractivity contribution in [1.29, 1.82) is 0 Å². The average Bonchev–Trinajstić information content (AvgIpc) is 3.86. The number of rotatable bonds is 0. The first-order chi connectivity index (χ1) is 18.0. The van der Waals surface area contributed by atoms with E-state index in [1.807, 2.05) is 98.2 Å². The summed E-state index contributed by atoms with van der Waals surface area (Å²) in [4.78, 5) is 7.35. The van der Waals surface area contributed by atoms with Gasteiger partial charge in [-0.25, -0.2) is 9.97 Å². The zero-order valence-corrected chi connectivity index (χ0v) is 24.5. The molecule has 0 aliphatic carbocycles. The monoisotopic (exact) mass is 602 g/mol. The van der Waals surface area contributed by atoms with Gasteiger partial charge in [0.05, 0.1) is 12.4 Å². The van der Waals surface area contributed by atoms with E-state index in [0.29, 0.717) is 6.67 Å². The third kappa shape index (κ3) is 85.9. The zero-order chi connectivity index (χ0) is 28.4. The van der Waals surface area contributed by atoms with Crippen LogP contribution in [-0.4, -0.2) is 42.2 Å². The minimum absolute atomic E-state index is 0. The number of thiophene rings is 1. The first-order valence-corrected chi connectivity index (χ1v) is 13.1. The van der Waals surface area contributed by atoms with E-state index < -0.39 is 0 Å². The maximum atomic E-state index is 3.67. The molecule has 5 rings (SSSR count). The van der Waals surface area contributed by atoms with Gasteiger partial charge in [-0.05, 0) is 33.3 Å². The maximum absolute atomic E-state index is 3.67. The van der Waals surface area contributed by atoms with Crippen LogP contribution >= 0.6 is 11.3 Å². The molecule has 11 nitrogen and oxygen atoms in total. The van der Waals surface area contributed by atoms with Crippen LogP contribution in [-0.2, 0) is 0 Å². The van der Waals surface area contributed by atoms with Gasteiger partial charge in [-0.1, -0.05) is 119 Å². The summed E-state index contributed by atoms with van der Waals surface area (Å²) in [5.74, 6) is 0. The Morgan fingerprint density at radius 3 is 1.07 bits per heavy atom. The van der Waals surface area contributed by atoms with Gasteiger partial charge in [0.15, 0.2) is 6.67 Å². The highest BCUT2D eigenvalue weighted by Gasteiger charge is 1.76. The van der Waals surface area contributed by atoms with Gasteiger partial charge in [0.1, 0.15) is 6.33 Å². The lowest BCUT2D eigenvalue weighted by Crippen LogP contribution is -1.66. The molecule has 5 heterocycles. The van der Waals surface area contributed by atoms with E-state index in [-0.39, 0.29) is 37.1 Å².